The zero-order valence-corrected chi connectivity index (χ0v) is 14.7. The molecular weight excluding hydrogens is 302 g/mol. The maximum absolute atomic E-state index is 13.0. The van der Waals surface area contributed by atoms with E-state index in [9.17, 15) is 10.0 Å². The van der Waals surface area contributed by atoms with Crippen LogP contribution in [0.3, 0.4) is 0 Å². The van der Waals surface area contributed by atoms with Gasteiger partial charge in [-0.2, -0.15) is 5.06 Å². The minimum Gasteiger partial charge on any atom is -0.497 e. The predicted octanol–water partition coefficient (Wildman–Crippen LogP) is 4.15. The first-order valence-corrected chi connectivity index (χ1v) is 8.02. The number of carbonyl (C=O) groups excluding carboxylic acids is 1. The van der Waals surface area contributed by atoms with Gasteiger partial charge in [0.25, 0.3) is 0 Å². The van der Waals surface area contributed by atoms with Crippen LogP contribution in [-0.2, 0) is 0 Å². The van der Waals surface area contributed by atoms with Gasteiger partial charge in [0.15, 0.2) is 5.78 Å². The highest BCUT2D eigenvalue weighted by Gasteiger charge is 2.28. The van der Waals surface area contributed by atoms with E-state index in [4.69, 9.17) is 4.74 Å². The van der Waals surface area contributed by atoms with Gasteiger partial charge < -0.3 is 9.94 Å². The predicted molar refractivity (Wildman–Crippen MR) is 94.8 cm³/mol. The number of rotatable bonds is 6. The molecule has 24 heavy (non-hydrogen) atoms. The molecule has 0 saturated carbocycles. The molecule has 0 aliphatic rings. The molecule has 0 aliphatic carbocycles. The van der Waals surface area contributed by atoms with E-state index >= 15 is 0 Å². The molecule has 1 atom stereocenters. The lowest BCUT2D eigenvalue weighted by atomic mass is 9.89. The molecule has 0 saturated heterocycles. The minimum absolute atomic E-state index is 0.0212. The summed E-state index contributed by atoms with van der Waals surface area (Å²) >= 11 is 0. The zero-order valence-electron chi connectivity index (χ0n) is 14.7. The Hall–Kier alpha value is -2.17. The normalized spacial score (nSPS) is 12.9. The van der Waals surface area contributed by atoms with Gasteiger partial charge in [-0.3, -0.25) is 4.79 Å². The number of hydrogen-bond acceptors (Lipinski definition) is 4. The molecule has 1 N–H and O–H groups in total. The molecule has 0 spiro atoms. The number of ether oxygens (including phenoxy) is 1. The standard InChI is InChI=1S/C20H25NO3/c1-20(2,3)21(23)14-18(15-8-6-5-7-9-15)19(22)16-10-12-17(24-4)13-11-16/h5-13,18,23H,14H2,1-4H3. The van der Waals surface area contributed by atoms with Crippen LogP contribution >= 0.6 is 0 Å². The maximum atomic E-state index is 13.0. The van der Waals surface area contributed by atoms with Crippen LogP contribution in [0.5, 0.6) is 5.75 Å². The van der Waals surface area contributed by atoms with E-state index in [1.807, 2.05) is 51.1 Å². The van der Waals surface area contributed by atoms with Gasteiger partial charge >= 0.3 is 0 Å². The van der Waals surface area contributed by atoms with Gasteiger partial charge in [-0.05, 0) is 50.6 Å². The Morgan fingerprint density at radius 3 is 2.17 bits per heavy atom. The second-order valence-electron chi connectivity index (χ2n) is 6.81. The van der Waals surface area contributed by atoms with E-state index in [0.29, 0.717) is 11.3 Å². The number of hydrogen-bond donors (Lipinski definition) is 1. The van der Waals surface area contributed by atoms with Gasteiger partial charge in [-0.1, -0.05) is 30.3 Å². The van der Waals surface area contributed by atoms with Crippen LogP contribution in [0.4, 0.5) is 0 Å². The van der Waals surface area contributed by atoms with Crippen LogP contribution in [0, 0.1) is 0 Å². The minimum atomic E-state index is -0.441. The monoisotopic (exact) mass is 327 g/mol. The number of Topliss-reactive ketones (excluding diaryl/α,β-unsaturated/α-hetero) is 1. The Bertz CT molecular complexity index is 660. The fraction of sp³-hybridized carbons (Fsp3) is 0.350. The lowest BCUT2D eigenvalue weighted by Crippen LogP contribution is -2.42. The Labute approximate surface area is 143 Å². The molecule has 0 aromatic heterocycles. The van der Waals surface area contributed by atoms with Crippen molar-refractivity contribution in [2.45, 2.75) is 32.2 Å². The molecule has 2 aromatic rings. The Morgan fingerprint density at radius 1 is 1.08 bits per heavy atom. The molecule has 2 rings (SSSR count). The summed E-state index contributed by atoms with van der Waals surface area (Å²) in [6, 6.07) is 16.6. The lowest BCUT2D eigenvalue weighted by molar-refractivity contribution is -0.156. The molecule has 0 heterocycles. The highest BCUT2D eigenvalue weighted by atomic mass is 16.5. The van der Waals surface area contributed by atoms with E-state index < -0.39 is 11.5 Å². The summed E-state index contributed by atoms with van der Waals surface area (Å²) in [5, 5.41) is 11.6. The Morgan fingerprint density at radius 2 is 1.67 bits per heavy atom. The smallest absolute Gasteiger partial charge is 0.171 e. The van der Waals surface area contributed by atoms with Gasteiger partial charge in [-0.15, -0.1) is 0 Å². The largest absolute Gasteiger partial charge is 0.497 e. The van der Waals surface area contributed by atoms with Crippen molar-refractivity contribution in [3.05, 3.63) is 65.7 Å². The molecule has 0 amide bonds. The number of hydroxylamine groups is 2. The molecule has 4 heteroatoms. The second kappa shape index (κ2) is 7.60. The first-order chi connectivity index (χ1) is 11.3. The average molecular weight is 327 g/mol. The number of nitrogens with zero attached hydrogens (tertiary/aromatic N) is 1. The number of carbonyl (C=O) groups is 1. The van der Waals surface area contributed by atoms with Crippen molar-refractivity contribution in [1.29, 1.82) is 0 Å². The van der Waals surface area contributed by atoms with Crippen LogP contribution in [0.2, 0.25) is 0 Å². The molecule has 0 bridgehead atoms. The average Bonchev–Trinajstić information content (AvgIpc) is 2.59. The summed E-state index contributed by atoms with van der Waals surface area (Å²) in [7, 11) is 1.59. The number of ketones is 1. The summed E-state index contributed by atoms with van der Waals surface area (Å²) in [5.41, 5.74) is 1.06. The molecule has 0 aliphatic heterocycles. The molecule has 2 aromatic carbocycles. The van der Waals surface area contributed by atoms with Gasteiger partial charge in [0.2, 0.25) is 0 Å². The summed E-state index contributed by atoms with van der Waals surface area (Å²) in [4.78, 5) is 13.0. The molecule has 1 unspecified atom stereocenters. The molecule has 0 fully saturated rings. The summed E-state index contributed by atoms with van der Waals surface area (Å²) < 4.78 is 5.14. The maximum Gasteiger partial charge on any atom is 0.171 e. The van der Waals surface area contributed by atoms with Gasteiger partial charge in [-0.25, -0.2) is 0 Å². The Kier molecular flexibility index (Phi) is 5.75. The van der Waals surface area contributed by atoms with E-state index in [-0.39, 0.29) is 12.3 Å². The molecule has 128 valence electrons. The van der Waals surface area contributed by atoms with E-state index in [2.05, 4.69) is 0 Å². The quantitative estimate of drug-likeness (QED) is 0.639. The van der Waals surface area contributed by atoms with Crippen LogP contribution < -0.4 is 4.74 Å². The van der Waals surface area contributed by atoms with Crippen molar-refractivity contribution in [1.82, 2.24) is 5.06 Å². The van der Waals surface area contributed by atoms with Crippen molar-refractivity contribution >= 4 is 5.78 Å². The van der Waals surface area contributed by atoms with Gasteiger partial charge in [0.05, 0.1) is 13.0 Å². The van der Waals surface area contributed by atoms with E-state index in [1.54, 1.807) is 31.4 Å². The van der Waals surface area contributed by atoms with Crippen molar-refractivity contribution < 1.29 is 14.7 Å². The van der Waals surface area contributed by atoms with E-state index in [1.165, 1.54) is 5.06 Å². The number of methoxy groups -OCH3 is 1. The fourth-order valence-electron chi connectivity index (χ4n) is 2.43. The van der Waals surface area contributed by atoms with Crippen LogP contribution in [0.15, 0.2) is 54.6 Å². The Balaban J connectivity index is 2.32. The second-order valence-corrected chi connectivity index (χ2v) is 6.81. The highest BCUT2D eigenvalue weighted by Crippen LogP contribution is 2.25. The zero-order chi connectivity index (χ0) is 17.7. The van der Waals surface area contributed by atoms with Crippen LogP contribution in [0.1, 0.15) is 42.6 Å². The summed E-state index contributed by atoms with van der Waals surface area (Å²) in [5.74, 6) is 0.247. The third-order valence-electron chi connectivity index (χ3n) is 4.02. The SMILES string of the molecule is COc1ccc(C(=O)C(CN(O)C(C)(C)C)c2ccccc2)cc1. The summed E-state index contributed by atoms with van der Waals surface area (Å²) in [6.07, 6.45) is 0. The summed E-state index contributed by atoms with van der Waals surface area (Å²) in [6.45, 7) is 5.96. The third-order valence-corrected chi connectivity index (χ3v) is 4.02. The van der Waals surface area contributed by atoms with Crippen molar-refractivity contribution in [2.75, 3.05) is 13.7 Å². The number of benzene rings is 2. The first-order valence-electron chi connectivity index (χ1n) is 8.02. The molecule has 4 nitrogen and oxygen atoms in total. The highest BCUT2D eigenvalue weighted by molar-refractivity contribution is 6.01. The van der Waals surface area contributed by atoms with Crippen LogP contribution in [-0.4, -0.2) is 35.2 Å². The van der Waals surface area contributed by atoms with Crippen molar-refractivity contribution in [2.24, 2.45) is 0 Å². The van der Waals surface area contributed by atoms with E-state index in [0.717, 1.165) is 5.56 Å². The van der Waals surface area contributed by atoms with Crippen molar-refractivity contribution in [3.8, 4) is 5.75 Å². The third kappa shape index (κ3) is 4.43. The van der Waals surface area contributed by atoms with Gasteiger partial charge in [0, 0.05) is 17.6 Å². The topological polar surface area (TPSA) is 49.8 Å². The van der Waals surface area contributed by atoms with Gasteiger partial charge in [0.1, 0.15) is 5.75 Å². The molecular formula is C20H25NO3. The van der Waals surface area contributed by atoms with Crippen LogP contribution in [0.25, 0.3) is 0 Å². The first kappa shape index (κ1) is 18.2. The molecule has 0 radical (unpaired) electrons. The van der Waals surface area contributed by atoms with Crippen molar-refractivity contribution in [3.63, 3.8) is 0 Å². The fourth-order valence-corrected chi connectivity index (χ4v) is 2.43. The lowest BCUT2D eigenvalue weighted by Gasteiger charge is -2.32.